The van der Waals surface area contributed by atoms with E-state index in [1.54, 1.807) is 11.6 Å². The molecule has 1 aromatic rings. The number of carbonyl (C=O) groups is 1. The van der Waals surface area contributed by atoms with Gasteiger partial charge in [0.25, 0.3) is 10.0 Å². The molecule has 6 nitrogen and oxygen atoms in total. The maximum Gasteiger partial charge on any atom is 0.330 e. The van der Waals surface area contributed by atoms with Crippen LogP contribution in [-0.4, -0.2) is 25.8 Å². The van der Waals surface area contributed by atoms with Gasteiger partial charge >= 0.3 is 6.03 Å². The summed E-state index contributed by atoms with van der Waals surface area (Å²) in [4.78, 5) is 11.2. The summed E-state index contributed by atoms with van der Waals surface area (Å²) in [5, 5.41) is 11.6. The lowest BCUT2D eigenvalue weighted by Gasteiger charge is -2.12. The van der Waals surface area contributed by atoms with Crippen molar-refractivity contribution in [2.24, 2.45) is 0 Å². The summed E-state index contributed by atoms with van der Waals surface area (Å²) in [6.45, 7) is 1.64. The van der Waals surface area contributed by atoms with Crippen molar-refractivity contribution >= 4 is 27.7 Å². The van der Waals surface area contributed by atoms with Crippen LogP contribution in [0, 0.1) is 0 Å². The molecule has 0 aliphatic rings. The first-order chi connectivity index (χ1) is 8.35. The van der Waals surface area contributed by atoms with Crippen molar-refractivity contribution < 1.29 is 18.3 Å². The lowest BCUT2D eigenvalue weighted by Crippen LogP contribution is -2.44. The van der Waals surface area contributed by atoms with Gasteiger partial charge in [-0.15, -0.1) is 0 Å². The number of sulfonamides is 1. The molecule has 3 N–H and O–H groups in total. The Hall–Kier alpha value is -1.31. The van der Waals surface area contributed by atoms with Crippen molar-refractivity contribution in [2.45, 2.75) is 24.5 Å². The highest BCUT2D eigenvalue weighted by molar-refractivity contribution is 7.90. The standard InChI is InChI=1S/C10H13ClN2O4S/c1-2-9(14)12-10(15)13-18(16,17)8-5-3-7(11)4-6-8/h3-6,9,14H,2H2,1H3,(H2,12,13,15). The van der Waals surface area contributed by atoms with E-state index in [2.05, 4.69) is 5.32 Å². The molecule has 0 fully saturated rings. The molecule has 2 amide bonds. The molecule has 0 saturated heterocycles. The summed E-state index contributed by atoms with van der Waals surface area (Å²) < 4.78 is 25.2. The van der Waals surface area contributed by atoms with Gasteiger partial charge in [0.05, 0.1) is 4.90 Å². The Morgan fingerprint density at radius 2 is 1.94 bits per heavy atom. The highest BCUT2D eigenvalue weighted by atomic mass is 35.5. The maximum atomic E-state index is 11.7. The molecule has 1 unspecified atom stereocenters. The van der Waals surface area contributed by atoms with Crippen LogP contribution in [0.4, 0.5) is 4.79 Å². The molecule has 0 heterocycles. The topological polar surface area (TPSA) is 95.5 Å². The molecule has 0 aromatic heterocycles. The number of aliphatic hydroxyl groups excluding tert-OH is 1. The lowest BCUT2D eigenvalue weighted by molar-refractivity contribution is 0.139. The zero-order chi connectivity index (χ0) is 13.8. The molecule has 8 heteroatoms. The number of benzene rings is 1. The zero-order valence-electron chi connectivity index (χ0n) is 9.55. The molecule has 0 spiro atoms. The molecule has 0 bridgehead atoms. The third-order valence-electron chi connectivity index (χ3n) is 2.04. The largest absolute Gasteiger partial charge is 0.374 e. The first kappa shape index (κ1) is 14.7. The van der Waals surface area contributed by atoms with E-state index < -0.39 is 22.3 Å². The Morgan fingerprint density at radius 3 is 2.44 bits per heavy atom. The van der Waals surface area contributed by atoms with E-state index >= 15 is 0 Å². The van der Waals surface area contributed by atoms with E-state index in [4.69, 9.17) is 16.7 Å². The highest BCUT2D eigenvalue weighted by Crippen LogP contribution is 2.13. The second kappa shape index (κ2) is 6.03. The molecule has 100 valence electrons. The second-order valence-corrected chi connectivity index (χ2v) is 5.58. The van der Waals surface area contributed by atoms with Crippen LogP contribution in [0.2, 0.25) is 5.02 Å². The number of aliphatic hydroxyl groups is 1. The first-order valence-electron chi connectivity index (χ1n) is 5.12. The molecule has 0 aliphatic heterocycles. The van der Waals surface area contributed by atoms with Crippen LogP contribution >= 0.6 is 11.6 Å². The van der Waals surface area contributed by atoms with Crippen LogP contribution < -0.4 is 10.0 Å². The van der Waals surface area contributed by atoms with Crippen molar-refractivity contribution in [2.75, 3.05) is 0 Å². The molecular formula is C10H13ClN2O4S. The molecular weight excluding hydrogens is 280 g/mol. The second-order valence-electron chi connectivity index (χ2n) is 3.46. The van der Waals surface area contributed by atoms with Gasteiger partial charge in [-0.05, 0) is 30.7 Å². The molecule has 0 saturated carbocycles. The smallest absolute Gasteiger partial charge is 0.330 e. The Balaban J connectivity index is 2.76. The fourth-order valence-corrected chi connectivity index (χ4v) is 2.12. The average Bonchev–Trinajstić information content (AvgIpc) is 2.28. The predicted molar refractivity (Wildman–Crippen MR) is 66.6 cm³/mol. The SMILES string of the molecule is CCC(O)NC(=O)NS(=O)(=O)c1ccc(Cl)cc1. The zero-order valence-corrected chi connectivity index (χ0v) is 11.1. The average molecular weight is 293 g/mol. The predicted octanol–water partition coefficient (Wildman–Crippen LogP) is 1.06. The summed E-state index contributed by atoms with van der Waals surface area (Å²) in [5.41, 5.74) is 0. The molecule has 18 heavy (non-hydrogen) atoms. The molecule has 1 atom stereocenters. The van der Waals surface area contributed by atoms with Gasteiger partial charge in [0.15, 0.2) is 0 Å². The minimum atomic E-state index is -3.96. The Morgan fingerprint density at radius 1 is 1.39 bits per heavy atom. The van der Waals surface area contributed by atoms with Crippen molar-refractivity contribution in [1.29, 1.82) is 0 Å². The van der Waals surface area contributed by atoms with E-state index in [9.17, 15) is 13.2 Å². The van der Waals surface area contributed by atoms with Crippen LogP contribution in [0.1, 0.15) is 13.3 Å². The third kappa shape index (κ3) is 4.17. The van der Waals surface area contributed by atoms with E-state index in [1.807, 2.05) is 0 Å². The van der Waals surface area contributed by atoms with Gasteiger partial charge in [-0.3, -0.25) is 0 Å². The van der Waals surface area contributed by atoms with E-state index in [-0.39, 0.29) is 11.3 Å². The minimum Gasteiger partial charge on any atom is -0.374 e. The summed E-state index contributed by atoms with van der Waals surface area (Å²) in [5.74, 6) is 0. The summed E-state index contributed by atoms with van der Waals surface area (Å²) in [6, 6.07) is 4.35. The van der Waals surface area contributed by atoms with Gasteiger partial charge < -0.3 is 10.4 Å². The molecule has 1 rings (SSSR count). The van der Waals surface area contributed by atoms with Crippen LogP contribution in [-0.2, 0) is 10.0 Å². The molecule has 1 aromatic carbocycles. The Labute approximate surface area is 110 Å². The number of nitrogens with one attached hydrogen (secondary N) is 2. The van der Waals surface area contributed by atoms with E-state index in [0.29, 0.717) is 5.02 Å². The first-order valence-corrected chi connectivity index (χ1v) is 6.98. The summed E-state index contributed by atoms with van der Waals surface area (Å²) >= 11 is 5.63. The number of hydrogen-bond donors (Lipinski definition) is 3. The van der Waals surface area contributed by atoms with Crippen LogP contribution in [0.15, 0.2) is 29.2 Å². The van der Waals surface area contributed by atoms with Crippen LogP contribution in [0.25, 0.3) is 0 Å². The normalized spacial score (nSPS) is 12.8. The minimum absolute atomic E-state index is 0.0898. The highest BCUT2D eigenvalue weighted by Gasteiger charge is 2.18. The number of urea groups is 1. The monoisotopic (exact) mass is 292 g/mol. The molecule has 0 aliphatic carbocycles. The van der Waals surface area contributed by atoms with E-state index in [0.717, 1.165) is 0 Å². The van der Waals surface area contributed by atoms with Crippen molar-refractivity contribution in [3.8, 4) is 0 Å². The third-order valence-corrected chi connectivity index (χ3v) is 3.63. The van der Waals surface area contributed by atoms with E-state index in [1.165, 1.54) is 24.3 Å². The van der Waals surface area contributed by atoms with Gasteiger partial charge in [-0.1, -0.05) is 18.5 Å². The lowest BCUT2D eigenvalue weighted by atomic mass is 10.4. The fraction of sp³-hybridized carbons (Fsp3) is 0.300. The van der Waals surface area contributed by atoms with Crippen LogP contribution in [0.5, 0.6) is 0 Å². The van der Waals surface area contributed by atoms with Crippen LogP contribution in [0.3, 0.4) is 0 Å². The molecule has 0 radical (unpaired) electrons. The number of halogens is 1. The Bertz CT molecular complexity index is 515. The summed E-state index contributed by atoms with van der Waals surface area (Å²) in [6.07, 6.45) is -0.820. The quantitative estimate of drug-likeness (QED) is 0.723. The van der Waals surface area contributed by atoms with Gasteiger partial charge in [0.1, 0.15) is 6.23 Å². The van der Waals surface area contributed by atoms with Crippen molar-refractivity contribution in [3.63, 3.8) is 0 Å². The number of hydrogen-bond acceptors (Lipinski definition) is 4. The van der Waals surface area contributed by atoms with Gasteiger partial charge in [-0.2, -0.15) is 0 Å². The number of carbonyl (C=O) groups excluding carboxylic acids is 1. The number of amides is 2. The maximum absolute atomic E-state index is 11.7. The Kier molecular flexibility index (Phi) is 4.94. The fourth-order valence-electron chi connectivity index (χ4n) is 1.08. The van der Waals surface area contributed by atoms with Crippen molar-refractivity contribution in [1.82, 2.24) is 10.0 Å². The van der Waals surface area contributed by atoms with Crippen molar-refractivity contribution in [3.05, 3.63) is 29.3 Å². The van der Waals surface area contributed by atoms with Gasteiger partial charge in [0, 0.05) is 5.02 Å². The summed E-state index contributed by atoms with van der Waals surface area (Å²) in [7, 11) is -3.96. The van der Waals surface area contributed by atoms with Gasteiger partial charge in [0.2, 0.25) is 0 Å². The van der Waals surface area contributed by atoms with Gasteiger partial charge in [-0.25, -0.2) is 17.9 Å². The number of rotatable bonds is 4.